The number of benzene rings is 1. The molecule has 102 valence electrons. The molecule has 1 amide bonds. The molecular formula is C15H15N3O2. The van der Waals surface area contributed by atoms with Gasteiger partial charge < -0.3 is 15.8 Å². The van der Waals surface area contributed by atoms with E-state index in [0.29, 0.717) is 23.6 Å². The number of anilines is 1. The molecular weight excluding hydrogens is 254 g/mol. The van der Waals surface area contributed by atoms with Crippen molar-refractivity contribution in [3.63, 3.8) is 0 Å². The van der Waals surface area contributed by atoms with Crippen molar-refractivity contribution in [2.24, 2.45) is 5.73 Å². The van der Waals surface area contributed by atoms with Gasteiger partial charge in [-0.3, -0.25) is 9.78 Å². The van der Waals surface area contributed by atoms with Crippen molar-refractivity contribution in [2.45, 2.75) is 12.5 Å². The lowest BCUT2D eigenvalue weighted by Gasteiger charge is -2.23. The summed E-state index contributed by atoms with van der Waals surface area (Å²) in [6, 6.07) is 8.83. The lowest BCUT2D eigenvalue weighted by molar-refractivity contribution is 0.102. The average Bonchev–Trinajstić information content (AvgIpc) is 2.48. The van der Waals surface area contributed by atoms with Crippen molar-refractivity contribution in [2.75, 3.05) is 11.9 Å². The Balaban J connectivity index is 1.82. The molecule has 0 unspecified atom stereocenters. The van der Waals surface area contributed by atoms with Crippen molar-refractivity contribution in [1.29, 1.82) is 0 Å². The van der Waals surface area contributed by atoms with Crippen molar-refractivity contribution >= 4 is 11.6 Å². The van der Waals surface area contributed by atoms with Gasteiger partial charge in [-0.05, 0) is 24.3 Å². The number of amides is 1. The maximum Gasteiger partial charge on any atom is 0.255 e. The zero-order chi connectivity index (χ0) is 13.9. The number of ether oxygens (including phenoxy) is 1. The van der Waals surface area contributed by atoms with E-state index in [1.54, 1.807) is 36.7 Å². The van der Waals surface area contributed by atoms with Gasteiger partial charge >= 0.3 is 0 Å². The first-order valence-corrected chi connectivity index (χ1v) is 6.48. The van der Waals surface area contributed by atoms with Gasteiger partial charge in [-0.25, -0.2) is 0 Å². The number of fused-ring (bicyclic) bond motifs is 1. The molecule has 0 saturated heterocycles. The summed E-state index contributed by atoms with van der Waals surface area (Å²) in [7, 11) is 0. The number of carbonyl (C=O) groups is 1. The first-order valence-electron chi connectivity index (χ1n) is 6.48. The number of hydrogen-bond donors (Lipinski definition) is 2. The van der Waals surface area contributed by atoms with Gasteiger partial charge in [0, 0.05) is 41.7 Å². The summed E-state index contributed by atoms with van der Waals surface area (Å²) >= 11 is 0. The number of nitrogens with zero attached hydrogens (tertiary/aromatic N) is 1. The molecule has 20 heavy (non-hydrogen) atoms. The van der Waals surface area contributed by atoms with Crippen molar-refractivity contribution in [3.05, 3.63) is 53.9 Å². The molecule has 0 saturated carbocycles. The standard InChI is InChI=1S/C15H15N3O2/c16-13-5-8-20-14-9-10(1-2-12(13)14)15(19)18-11-3-6-17-7-4-11/h1-4,6-7,9,13H,5,8,16H2,(H,17,18,19)/t13-/m1/s1. The van der Waals surface area contributed by atoms with Crippen LogP contribution in [0.15, 0.2) is 42.7 Å². The van der Waals surface area contributed by atoms with E-state index in [0.717, 1.165) is 12.0 Å². The smallest absolute Gasteiger partial charge is 0.255 e. The summed E-state index contributed by atoms with van der Waals surface area (Å²) in [5, 5.41) is 2.81. The quantitative estimate of drug-likeness (QED) is 0.875. The highest BCUT2D eigenvalue weighted by Crippen LogP contribution is 2.31. The van der Waals surface area contributed by atoms with Crippen LogP contribution in [0.1, 0.15) is 28.4 Å². The Bertz CT molecular complexity index is 628. The second kappa shape index (κ2) is 5.30. The van der Waals surface area contributed by atoms with Crippen LogP contribution < -0.4 is 15.8 Å². The average molecular weight is 269 g/mol. The third kappa shape index (κ3) is 2.48. The minimum Gasteiger partial charge on any atom is -0.493 e. The van der Waals surface area contributed by atoms with Crippen LogP contribution in [0.4, 0.5) is 5.69 Å². The Morgan fingerprint density at radius 3 is 2.90 bits per heavy atom. The van der Waals surface area contributed by atoms with Gasteiger partial charge in [-0.1, -0.05) is 6.07 Å². The Kier molecular flexibility index (Phi) is 3.35. The molecule has 2 heterocycles. The van der Waals surface area contributed by atoms with Crippen molar-refractivity contribution in [3.8, 4) is 5.75 Å². The van der Waals surface area contributed by atoms with Gasteiger partial charge in [0.1, 0.15) is 5.75 Å². The topological polar surface area (TPSA) is 77.2 Å². The number of nitrogens with one attached hydrogen (secondary N) is 1. The predicted octanol–water partition coefficient (Wildman–Crippen LogP) is 2.12. The molecule has 1 aromatic heterocycles. The lowest BCUT2D eigenvalue weighted by Crippen LogP contribution is -2.21. The molecule has 1 atom stereocenters. The zero-order valence-electron chi connectivity index (χ0n) is 10.9. The maximum atomic E-state index is 12.2. The van der Waals surface area contributed by atoms with Crippen LogP contribution in [0.25, 0.3) is 0 Å². The predicted molar refractivity (Wildman–Crippen MR) is 75.7 cm³/mol. The van der Waals surface area contributed by atoms with Crippen LogP contribution in [0.2, 0.25) is 0 Å². The highest BCUT2D eigenvalue weighted by Gasteiger charge is 2.19. The normalized spacial score (nSPS) is 16.9. The Morgan fingerprint density at radius 2 is 2.10 bits per heavy atom. The fraction of sp³-hybridized carbons (Fsp3) is 0.200. The fourth-order valence-electron chi connectivity index (χ4n) is 2.20. The lowest BCUT2D eigenvalue weighted by atomic mass is 9.99. The van der Waals surface area contributed by atoms with Crippen LogP contribution in [-0.4, -0.2) is 17.5 Å². The van der Waals surface area contributed by atoms with E-state index in [2.05, 4.69) is 10.3 Å². The number of aromatic nitrogens is 1. The molecule has 1 aliphatic rings. The van der Waals surface area contributed by atoms with Crippen molar-refractivity contribution < 1.29 is 9.53 Å². The minimum atomic E-state index is -0.179. The van der Waals surface area contributed by atoms with Crippen LogP contribution in [0.5, 0.6) is 5.75 Å². The Hall–Kier alpha value is -2.40. The fourth-order valence-corrected chi connectivity index (χ4v) is 2.20. The molecule has 2 aromatic rings. The van der Waals surface area contributed by atoms with E-state index in [1.165, 1.54) is 0 Å². The number of nitrogens with two attached hydrogens (primary N) is 1. The third-order valence-corrected chi connectivity index (χ3v) is 3.30. The highest BCUT2D eigenvalue weighted by molar-refractivity contribution is 6.04. The largest absolute Gasteiger partial charge is 0.493 e. The summed E-state index contributed by atoms with van der Waals surface area (Å²) in [4.78, 5) is 16.1. The van der Waals surface area contributed by atoms with E-state index >= 15 is 0 Å². The molecule has 5 nitrogen and oxygen atoms in total. The first kappa shape index (κ1) is 12.6. The number of rotatable bonds is 2. The highest BCUT2D eigenvalue weighted by atomic mass is 16.5. The molecule has 1 aliphatic heterocycles. The molecule has 3 rings (SSSR count). The second-order valence-electron chi connectivity index (χ2n) is 4.69. The summed E-state index contributed by atoms with van der Waals surface area (Å²) in [6.45, 7) is 0.587. The van der Waals surface area contributed by atoms with Crippen LogP contribution in [-0.2, 0) is 0 Å². The molecule has 3 N–H and O–H groups in total. The molecule has 0 spiro atoms. The Morgan fingerprint density at radius 1 is 1.30 bits per heavy atom. The SMILES string of the molecule is N[C@@H]1CCOc2cc(C(=O)Nc3ccncc3)ccc21. The number of pyridine rings is 1. The molecule has 0 bridgehead atoms. The molecule has 5 heteroatoms. The monoisotopic (exact) mass is 269 g/mol. The van der Waals surface area contributed by atoms with Gasteiger partial charge in [0.25, 0.3) is 5.91 Å². The van der Waals surface area contributed by atoms with E-state index in [9.17, 15) is 4.79 Å². The maximum absolute atomic E-state index is 12.2. The number of hydrogen-bond acceptors (Lipinski definition) is 4. The molecule has 0 fully saturated rings. The summed E-state index contributed by atoms with van der Waals surface area (Å²) in [6.07, 6.45) is 4.06. The summed E-state index contributed by atoms with van der Waals surface area (Å²) < 4.78 is 5.56. The number of carbonyl (C=O) groups excluding carboxylic acids is 1. The van der Waals surface area contributed by atoms with E-state index in [-0.39, 0.29) is 11.9 Å². The van der Waals surface area contributed by atoms with Crippen LogP contribution in [0, 0.1) is 0 Å². The van der Waals surface area contributed by atoms with Crippen LogP contribution in [0.3, 0.4) is 0 Å². The summed E-state index contributed by atoms with van der Waals surface area (Å²) in [5.74, 6) is 0.521. The van der Waals surface area contributed by atoms with Crippen molar-refractivity contribution in [1.82, 2.24) is 4.98 Å². The summed E-state index contributed by atoms with van der Waals surface area (Å²) in [5.41, 5.74) is 8.22. The van der Waals surface area contributed by atoms with Gasteiger partial charge in [0.05, 0.1) is 6.61 Å². The Labute approximate surface area is 116 Å². The third-order valence-electron chi connectivity index (χ3n) is 3.30. The molecule has 1 aromatic carbocycles. The molecule has 0 radical (unpaired) electrons. The minimum absolute atomic E-state index is 0.0175. The van der Waals surface area contributed by atoms with E-state index in [1.807, 2.05) is 6.07 Å². The molecule has 0 aliphatic carbocycles. The van der Waals surface area contributed by atoms with Crippen LogP contribution >= 0.6 is 0 Å². The first-order chi connectivity index (χ1) is 9.74. The van der Waals surface area contributed by atoms with Gasteiger partial charge in [0.2, 0.25) is 0 Å². The van der Waals surface area contributed by atoms with E-state index in [4.69, 9.17) is 10.5 Å². The van der Waals surface area contributed by atoms with E-state index < -0.39 is 0 Å². The van der Waals surface area contributed by atoms with Gasteiger partial charge in [-0.15, -0.1) is 0 Å². The second-order valence-corrected chi connectivity index (χ2v) is 4.69. The zero-order valence-corrected chi connectivity index (χ0v) is 10.9. The van der Waals surface area contributed by atoms with Gasteiger partial charge in [0.15, 0.2) is 0 Å². The van der Waals surface area contributed by atoms with Gasteiger partial charge in [-0.2, -0.15) is 0 Å².